The fourth-order valence-electron chi connectivity index (χ4n) is 2.32. The van der Waals surface area contributed by atoms with Gasteiger partial charge in [-0.05, 0) is 65.2 Å². The van der Waals surface area contributed by atoms with E-state index in [0.717, 1.165) is 5.56 Å². The molecule has 0 saturated carbocycles. The van der Waals surface area contributed by atoms with E-state index in [-0.39, 0.29) is 18.0 Å². The van der Waals surface area contributed by atoms with Crippen LogP contribution in [0.15, 0.2) is 62.7 Å². The van der Waals surface area contributed by atoms with Gasteiger partial charge in [0.1, 0.15) is 11.6 Å². The van der Waals surface area contributed by atoms with E-state index in [0.29, 0.717) is 11.3 Å². The van der Waals surface area contributed by atoms with Crippen molar-refractivity contribution in [1.29, 1.82) is 0 Å². The first-order valence-corrected chi connectivity index (χ1v) is 9.65. The highest BCUT2D eigenvalue weighted by molar-refractivity contribution is 7.89. The second-order valence-electron chi connectivity index (χ2n) is 5.40. The van der Waals surface area contributed by atoms with Crippen LogP contribution < -0.4 is 0 Å². The minimum absolute atomic E-state index is 0.0724. The first-order valence-electron chi connectivity index (χ1n) is 7.26. The van der Waals surface area contributed by atoms with Crippen LogP contribution in [0.1, 0.15) is 16.9 Å². The maximum Gasteiger partial charge on any atom is 0.243 e. The topological polar surface area (TPSA) is 50.5 Å². The molecule has 0 bridgehead atoms. The molecule has 3 aromatic rings. The van der Waals surface area contributed by atoms with Gasteiger partial charge in [0.15, 0.2) is 0 Å². The number of nitrogens with zero attached hydrogens (tertiary/aromatic N) is 1. The van der Waals surface area contributed by atoms with E-state index in [1.165, 1.54) is 40.1 Å². The Morgan fingerprint density at radius 1 is 1.21 bits per heavy atom. The monoisotopic (exact) mass is 365 g/mol. The average molecular weight is 365 g/mol. The van der Waals surface area contributed by atoms with Crippen molar-refractivity contribution < 1.29 is 17.2 Å². The van der Waals surface area contributed by atoms with E-state index < -0.39 is 15.8 Å². The summed E-state index contributed by atoms with van der Waals surface area (Å²) in [6, 6.07) is 9.15. The van der Waals surface area contributed by atoms with E-state index >= 15 is 0 Å². The summed E-state index contributed by atoms with van der Waals surface area (Å²) in [6.07, 6.45) is 1.51. The SMILES string of the molecule is Cc1cc(S(=O)(=O)N(Cc2ccsc2)Cc2ccco2)ccc1F. The Morgan fingerprint density at radius 2 is 2.04 bits per heavy atom. The number of furan rings is 1. The number of hydrogen-bond donors (Lipinski definition) is 0. The molecule has 126 valence electrons. The minimum atomic E-state index is -3.78. The normalized spacial score (nSPS) is 12.0. The van der Waals surface area contributed by atoms with Crippen molar-refractivity contribution in [3.05, 3.63) is 76.1 Å². The molecule has 3 rings (SSSR count). The van der Waals surface area contributed by atoms with Crippen molar-refractivity contribution in [2.75, 3.05) is 0 Å². The largest absolute Gasteiger partial charge is 0.468 e. The van der Waals surface area contributed by atoms with Crippen LogP contribution in [0.3, 0.4) is 0 Å². The van der Waals surface area contributed by atoms with Gasteiger partial charge in [-0.1, -0.05) is 0 Å². The van der Waals surface area contributed by atoms with E-state index in [4.69, 9.17) is 4.42 Å². The minimum Gasteiger partial charge on any atom is -0.468 e. The zero-order valence-corrected chi connectivity index (χ0v) is 14.6. The van der Waals surface area contributed by atoms with Crippen LogP contribution >= 0.6 is 11.3 Å². The molecule has 2 heterocycles. The third-order valence-corrected chi connectivity index (χ3v) is 6.14. The standard InChI is InChI=1S/C17H16FNO3S2/c1-13-9-16(4-5-17(13)18)24(20,21)19(10-14-6-8-23-12-14)11-15-3-2-7-22-15/h2-9,12H,10-11H2,1H3. The number of hydrogen-bond acceptors (Lipinski definition) is 4. The first-order chi connectivity index (χ1) is 11.5. The number of benzene rings is 1. The summed E-state index contributed by atoms with van der Waals surface area (Å²) < 4.78 is 46.1. The van der Waals surface area contributed by atoms with Gasteiger partial charge in [0.25, 0.3) is 0 Å². The van der Waals surface area contributed by atoms with Gasteiger partial charge in [-0.3, -0.25) is 0 Å². The molecule has 24 heavy (non-hydrogen) atoms. The van der Waals surface area contributed by atoms with Crippen LogP contribution in [0, 0.1) is 12.7 Å². The molecule has 0 unspecified atom stereocenters. The van der Waals surface area contributed by atoms with Gasteiger partial charge in [-0.2, -0.15) is 15.6 Å². The molecule has 1 aromatic carbocycles. The third kappa shape index (κ3) is 3.58. The Kier molecular flexibility index (Phi) is 4.84. The lowest BCUT2D eigenvalue weighted by Crippen LogP contribution is -2.30. The molecule has 0 N–H and O–H groups in total. The molecule has 0 atom stereocenters. The number of thiophene rings is 1. The van der Waals surface area contributed by atoms with Crippen molar-refractivity contribution in [2.45, 2.75) is 24.9 Å². The van der Waals surface area contributed by atoms with Crippen molar-refractivity contribution in [2.24, 2.45) is 0 Å². The number of sulfonamides is 1. The van der Waals surface area contributed by atoms with Crippen molar-refractivity contribution in [3.8, 4) is 0 Å². The molecule has 0 spiro atoms. The van der Waals surface area contributed by atoms with Crippen molar-refractivity contribution in [3.63, 3.8) is 0 Å². The summed E-state index contributed by atoms with van der Waals surface area (Å²) in [5, 5.41) is 3.80. The third-order valence-electron chi connectivity index (χ3n) is 3.62. The van der Waals surface area contributed by atoms with E-state index in [9.17, 15) is 12.8 Å². The Bertz CT molecular complexity index is 867. The van der Waals surface area contributed by atoms with Gasteiger partial charge >= 0.3 is 0 Å². The van der Waals surface area contributed by atoms with Crippen LogP contribution in [0.4, 0.5) is 4.39 Å². The maximum atomic E-state index is 13.5. The molecule has 0 amide bonds. The van der Waals surface area contributed by atoms with Crippen LogP contribution in [0.25, 0.3) is 0 Å². The van der Waals surface area contributed by atoms with Crippen molar-refractivity contribution in [1.82, 2.24) is 4.31 Å². The Hall–Kier alpha value is -1.96. The van der Waals surface area contributed by atoms with Crippen LogP contribution in [-0.4, -0.2) is 12.7 Å². The molecule has 0 fully saturated rings. The molecule has 0 aliphatic heterocycles. The molecular formula is C17H16FNO3S2. The highest BCUT2D eigenvalue weighted by Crippen LogP contribution is 2.23. The fraction of sp³-hybridized carbons (Fsp3) is 0.176. The summed E-state index contributed by atoms with van der Waals surface area (Å²) in [5.74, 6) is 0.122. The lowest BCUT2D eigenvalue weighted by Gasteiger charge is -2.21. The molecule has 0 saturated heterocycles. The highest BCUT2D eigenvalue weighted by atomic mass is 32.2. The summed E-state index contributed by atoms with van der Waals surface area (Å²) >= 11 is 1.51. The fourth-order valence-corrected chi connectivity index (χ4v) is 4.46. The Balaban J connectivity index is 1.97. The summed E-state index contributed by atoms with van der Waals surface area (Å²) in [7, 11) is -3.78. The van der Waals surface area contributed by atoms with E-state index in [1.807, 2.05) is 16.8 Å². The predicted molar refractivity (Wildman–Crippen MR) is 90.6 cm³/mol. The van der Waals surface area contributed by atoms with Gasteiger partial charge in [0, 0.05) is 6.54 Å². The Labute approximate surface area is 144 Å². The van der Waals surface area contributed by atoms with Crippen LogP contribution in [0.5, 0.6) is 0 Å². The number of halogens is 1. The summed E-state index contributed by atoms with van der Waals surface area (Å²) in [5.41, 5.74) is 1.19. The second kappa shape index (κ2) is 6.88. The van der Waals surface area contributed by atoms with Gasteiger partial charge < -0.3 is 4.42 Å². The summed E-state index contributed by atoms with van der Waals surface area (Å²) in [4.78, 5) is 0.0724. The highest BCUT2D eigenvalue weighted by Gasteiger charge is 2.26. The van der Waals surface area contributed by atoms with E-state index in [1.54, 1.807) is 19.1 Å². The van der Waals surface area contributed by atoms with Crippen LogP contribution in [0.2, 0.25) is 0 Å². The molecule has 4 nitrogen and oxygen atoms in total. The quantitative estimate of drug-likeness (QED) is 0.658. The average Bonchev–Trinajstić information content (AvgIpc) is 3.23. The smallest absolute Gasteiger partial charge is 0.243 e. The lowest BCUT2D eigenvalue weighted by molar-refractivity contribution is 0.359. The van der Waals surface area contributed by atoms with E-state index in [2.05, 4.69) is 0 Å². The first kappa shape index (κ1) is 16.9. The number of aryl methyl sites for hydroxylation is 1. The summed E-state index contributed by atoms with van der Waals surface area (Å²) in [6.45, 7) is 1.88. The van der Waals surface area contributed by atoms with Gasteiger partial charge in [0.2, 0.25) is 10.0 Å². The second-order valence-corrected chi connectivity index (χ2v) is 8.11. The molecule has 0 radical (unpaired) electrons. The molecular weight excluding hydrogens is 349 g/mol. The van der Waals surface area contributed by atoms with Crippen LogP contribution in [-0.2, 0) is 23.1 Å². The zero-order valence-electron chi connectivity index (χ0n) is 13.0. The number of rotatable bonds is 6. The Morgan fingerprint density at radius 3 is 2.67 bits per heavy atom. The molecule has 7 heteroatoms. The zero-order chi connectivity index (χ0) is 17.2. The molecule has 2 aromatic heterocycles. The lowest BCUT2D eigenvalue weighted by atomic mass is 10.2. The molecule has 0 aliphatic carbocycles. The predicted octanol–water partition coefficient (Wildman–Crippen LogP) is 4.18. The van der Waals surface area contributed by atoms with Gasteiger partial charge in [-0.15, -0.1) is 0 Å². The van der Waals surface area contributed by atoms with Gasteiger partial charge in [-0.25, -0.2) is 12.8 Å². The maximum absolute atomic E-state index is 13.5. The van der Waals surface area contributed by atoms with Crippen molar-refractivity contribution >= 4 is 21.4 Å². The van der Waals surface area contributed by atoms with Gasteiger partial charge in [0.05, 0.1) is 17.7 Å². The molecule has 0 aliphatic rings.